The predicted molar refractivity (Wildman–Crippen MR) is 123 cm³/mol. The first-order chi connectivity index (χ1) is 15.6. The number of aromatic nitrogens is 2. The first kappa shape index (κ1) is 21.4. The van der Waals surface area contributed by atoms with Gasteiger partial charge in [0.05, 0.1) is 10.9 Å². The zero-order chi connectivity index (χ0) is 22.5. The van der Waals surface area contributed by atoms with E-state index in [9.17, 15) is 9.59 Å². The van der Waals surface area contributed by atoms with Crippen molar-refractivity contribution in [1.29, 1.82) is 0 Å². The molecule has 1 amide bonds. The fourth-order valence-electron chi connectivity index (χ4n) is 3.74. The number of hydrogen-bond acceptors (Lipinski definition) is 6. The molecule has 0 saturated carbocycles. The van der Waals surface area contributed by atoms with Gasteiger partial charge in [0, 0.05) is 13.1 Å². The lowest BCUT2D eigenvalue weighted by molar-refractivity contribution is -0.120. The number of nitrogens with one attached hydrogen (secondary N) is 1. The van der Waals surface area contributed by atoms with Gasteiger partial charge in [0.15, 0.2) is 0 Å². The van der Waals surface area contributed by atoms with E-state index in [0.29, 0.717) is 42.1 Å². The van der Waals surface area contributed by atoms with Gasteiger partial charge in [-0.15, -0.1) is 0 Å². The molecule has 1 aliphatic heterocycles. The highest BCUT2D eigenvalue weighted by molar-refractivity contribution is 5.89. The molecule has 8 nitrogen and oxygen atoms in total. The number of anilines is 1. The van der Waals surface area contributed by atoms with Crippen LogP contribution in [0.2, 0.25) is 0 Å². The Hall–Kier alpha value is -3.81. The van der Waals surface area contributed by atoms with E-state index in [4.69, 9.17) is 9.47 Å². The molecule has 2 heterocycles. The molecule has 32 heavy (non-hydrogen) atoms. The molecule has 1 aromatic heterocycles. The van der Waals surface area contributed by atoms with E-state index >= 15 is 0 Å². The minimum atomic E-state index is -0.664. The Kier molecular flexibility index (Phi) is 6.39. The van der Waals surface area contributed by atoms with Crippen molar-refractivity contribution in [2.75, 3.05) is 30.2 Å². The van der Waals surface area contributed by atoms with Crippen molar-refractivity contribution < 1.29 is 14.3 Å². The van der Waals surface area contributed by atoms with Gasteiger partial charge in [0.2, 0.25) is 18.6 Å². The summed E-state index contributed by atoms with van der Waals surface area (Å²) < 4.78 is 12.0. The summed E-state index contributed by atoms with van der Waals surface area (Å²) in [4.78, 5) is 33.4. The quantitative estimate of drug-likeness (QED) is 0.587. The molecule has 3 aromatic rings. The Labute approximate surface area is 186 Å². The maximum absolute atomic E-state index is 13.5. The molecule has 1 unspecified atom stereocenters. The molecule has 0 bridgehead atoms. The number of benzene rings is 2. The minimum absolute atomic E-state index is 0.0656. The number of para-hydroxylation sites is 1. The van der Waals surface area contributed by atoms with Gasteiger partial charge < -0.3 is 14.4 Å². The molecule has 1 atom stereocenters. The second-order valence-electron chi connectivity index (χ2n) is 7.41. The van der Waals surface area contributed by atoms with Gasteiger partial charge in [-0.05, 0) is 38.0 Å². The van der Waals surface area contributed by atoms with Crippen LogP contribution < -0.4 is 15.9 Å². The number of ether oxygens (including phenoxy) is 2. The molecule has 1 aliphatic rings. The van der Waals surface area contributed by atoms with Gasteiger partial charge in [-0.3, -0.25) is 15.0 Å². The van der Waals surface area contributed by atoms with Crippen molar-refractivity contribution in [1.82, 2.24) is 9.66 Å². The van der Waals surface area contributed by atoms with Crippen LogP contribution in [-0.4, -0.2) is 35.4 Å². The van der Waals surface area contributed by atoms with E-state index in [0.717, 1.165) is 5.56 Å². The lowest BCUT2D eigenvalue weighted by Gasteiger charge is -2.25. The number of nitrogens with zero attached hydrogens (tertiary/aromatic N) is 3. The number of carbonyl (C=O) groups is 1. The lowest BCUT2D eigenvalue weighted by Crippen LogP contribution is -2.42. The molecule has 4 rings (SSSR count). The predicted octanol–water partition coefficient (Wildman–Crippen LogP) is 3.02. The van der Waals surface area contributed by atoms with Gasteiger partial charge in [-0.1, -0.05) is 42.5 Å². The average molecular weight is 434 g/mol. The SMILES string of the molecule is CCN(CC)c1nc2ccccc2c(=O)n1NC(=O)C(Cc1ccccc1)C1=COCO1. The number of rotatable bonds is 8. The summed E-state index contributed by atoms with van der Waals surface area (Å²) in [7, 11) is 0. The summed E-state index contributed by atoms with van der Waals surface area (Å²) in [6.07, 6.45) is 1.86. The van der Waals surface area contributed by atoms with E-state index in [1.165, 1.54) is 10.9 Å². The van der Waals surface area contributed by atoms with Crippen molar-refractivity contribution in [3.63, 3.8) is 0 Å². The zero-order valence-corrected chi connectivity index (χ0v) is 18.2. The van der Waals surface area contributed by atoms with Crippen LogP contribution in [0.5, 0.6) is 0 Å². The van der Waals surface area contributed by atoms with E-state index < -0.39 is 5.92 Å². The summed E-state index contributed by atoms with van der Waals surface area (Å²) in [6, 6.07) is 16.8. The molecule has 166 valence electrons. The Morgan fingerprint density at radius 2 is 1.84 bits per heavy atom. The maximum atomic E-state index is 13.5. The second-order valence-corrected chi connectivity index (χ2v) is 7.41. The topological polar surface area (TPSA) is 85.7 Å². The smallest absolute Gasteiger partial charge is 0.281 e. The molecular weight excluding hydrogens is 408 g/mol. The van der Waals surface area contributed by atoms with Gasteiger partial charge in [0.25, 0.3) is 5.56 Å². The van der Waals surface area contributed by atoms with Crippen LogP contribution in [0.25, 0.3) is 10.9 Å². The molecular formula is C24H26N4O4. The number of fused-ring (bicyclic) bond motifs is 1. The van der Waals surface area contributed by atoms with Crippen molar-refractivity contribution in [2.24, 2.45) is 5.92 Å². The average Bonchev–Trinajstić information content (AvgIpc) is 3.36. The standard InChI is InChI=1S/C24H26N4O4/c1-3-27(4-2)24-25-20-13-9-8-12-18(20)23(30)28(24)26-22(29)19(21-15-31-16-32-21)14-17-10-6-5-7-11-17/h5-13,15,19H,3-4,14,16H2,1-2H3,(H,26,29). The molecule has 8 heteroatoms. The third-order valence-corrected chi connectivity index (χ3v) is 5.46. The molecule has 0 saturated heterocycles. The largest absolute Gasteiger partial charge is 0.462 e. The molecule has 0 aliphatic carbocycles. The van der Waals surface area contributed by atoms with Crippen LogP contribution >= 0.6 is 0 Å². The van der Waals surface area contributed by atoms with E-state index in [-0.39, 0.29) is 18.3 Å². The van der Waals surface area contributed by atoms with Crippen LogP contribution in [0.15, 0.2) is 71.4 Å². The first-order valence-corrected chi connectivity index (χ1v) is 10.7. The van der Waals surface area contributed by atoms with Crippen LogP contribution in [-0.2, 0) is 20.7 Å². The van der Waals surface area contributed by atoms with Crippen molar-refractivity contribution in [3.8, 4) is 0 Å². The molecule has 2 aromatic carbocycles. The van der Waals surface area contributed by atoms with Crippen LogP contribution in [0.1, 0.15) is 19.4 Å². The highest BCUT2D eigenvalue weighted by Crippen LogP contribution is 2.23. The van der Waals surface area contributed by atoms with Crippen LogP contribution in [0, 0.1) is 5.92 Å². The lowest BCUT2D eigenvalue weighted by atomic mass is 9.97. The van der Waals surface area contributed by atoms with Crippen molar-refractivity contribution >= 4 is 22.8 Å². The third kappa shape index (κ3) is 4.30. The summed E-state index contributed by atoms with van der Waals surface area (Å²) in [5.74, 6) is -0.221. The highest BCUT2D eigenvalue weighted by Gasteiger charge is 2.29. The van der Waals surface area contributed by atoms with Gasteiger partial charge >= 0.3 is 0 Å². The Balaban J connectivity index is 1.74. The fourth-order valence-corrected chi connectivity index (χ4v) is 3.74. The zero-order valence-electron chi connectivity index (χ0n) is 18.2. The van der Waals surface area contributed by atoms with Crippen LogP contribution in [0.3, 0.4) is 0 Å². The number of hydrogen-bond donors (Lipinski definition) is 1. The highest BCUT2D eigenvalue weighted by atomic mass is 16.7. The molecule has 0 fully saturated rings. The number of carbonyl (C=O) groups excluding carboxylic acids is 1. The normalized spacial score (nSPS) is 13.8. The van der Waals surface area contributed by atoms with Crippen molar-refractivity contribution in [2.45, 2.75) is 20.3 Å². The second kappa shape index (κ2) is 9.55. The molecule has 1 N–H and O–H groups in total. The van der Waals surface area contributed by atoms with E-state index in [1.807, 2.05) is 55.1 Å². The van der Waals surface area contributed by atoms with E-state index in [2.05, 4.69) is 10.4 Å². The third-order valence-electron chi connectivity index (χ3n) is 5.46. The molecule has 0 spiro atoms. The molecule has 0 radical (unpaired) electrons. The van der Waals surface area contributed by atoms with Gasteiger partial charge in [0.1, 0.15) is 17.9 Å². The minimum Gasteiger partial charge on any atom is -0.462 e. The monoisotopic (exact) mass is 434 g/mol. The van der Waals surface area contributed by atoms with Gasteiger partial charge in [-0.2, -0.15) is 4.68 Å². The summed E-state index contributed by atoms with van der Waals surface area (Å²) in [5.41, 5.74) is 4.02. The maximum Gasteiger partial charge on any atom is 0.281 e. The summed E-state index contributed by atoms with van der Waals surface area (Å²) in [5, 5.41) is 0.433. The van der Waals surface area contributed by atoms with Crippen LogP contribution in [0.4, 0.5) is 5.95 Å². The fraction of sp³-hybridized carbons (Fsp3) is 0.292. The first-order valence-electron chi connectivity index (χ1n) is 10.7. The summed E-state index contributed by atoms with van der Waals surface area (Å²) in [6.45, 7) is 5.28. The Morgan fingerprint density at radius 3 is 2.53 bits per heavy atom. The van der Waals surface area contributed by atoms with Gasteiger partial charge in [-0.25, -0.2) is 4.98 Å². The Bertz CT molecular complexity index is 1190. The van der Waals surface area contributed by atoms with Crippen molar-refractivity contribution in [3.05, 3.63) is 82.5 Å². The number of amides is 1. The summed E-state index contributed by atoms with van der Waals surface area (Å²) >= 11 is 0. The van der Waals surface area contributed by atoms with E-state index in [1.54, 1.807) is 18.2 Å². The Morgan fingerprint density at radius 1 is 1.12 bits per heavy atom.